The zero-order chi connectivity index (χ0) is 26.8. The average molecular weight is 562 g/mol. The smallest absolute Gasteiger partial charge is 0.168 e. The summed E-state index contributed by atoms with van der Waals surface area (Å²) in [6.45, 7) is 11.3. The van der Waals surface area contributed by atoms with Gasteiger partial charge in [0, 0.05) is 57.6 Å². The summed E-state index contributed by atoms with van der Waals surface area (Å²) in [5.41, 5.74) is 5.23. The van der Waals surface area contributed by atoms with E-state index in [0.717, 1.165) is 52.0 Å². The molecule has 1 atom stereocenters. The van der Waals surface area contributed by atoms with E-state index in [-0.39, 0.29) is 24.1 Å². The molecule has 9 heteroatoms. The number of fused-ring (bicyclic) bond motifs is 2. The summed E-state index contributed by atoms with van der Waals surface area (Å²) in [6, 6.07) is 8.32. The fourth-order valence-electron chi connectivity index (χ4n) is 5.69. The predicted octanol–water partition coefficient (Wildman–Crippen LogP) is 5.89. The monoisotopic (exact) mass is 561 g/mol. The van der Waals surface area contributed by atoms with Crippen molar-refractivity contribution in [3.63, 3.8) is 0 Å². The standard InChI is InChI=1S/C28H36ClN3O3S2/c1-27(2,3)37(34,35)17-31-15-20(14-28(31,4)5)32-10-6-7-18-11-19(29)12-23(25(18)32)22-8-9-30-24-13-21(16-33)36-26(22)24/h8-9,11-13,20,33H,6-7,10,14-17H2,1-5H3/t20-/m0/s1. The van der Waals surface area contributed by atoms with Crippen LogP contribution < -0.4 is 4.90 Å². The molecule has 200 valence electrons. The first kappa shape index (κ1) is 26.9. The van der Waals surface area contributed by atoms with Gasteiger partial charge in [-0.25, -0.2) is 8.42 Å². The first-order chi connectivity index (χ1) is 17.3. The molecule has 5 rings (SSSR count). The maximum atomic E-state index is 13.1. The highest BCUT2D eigenvalue weighted by Crippen LogP contribution is 2.46. The van der Waals surface area contributed by atoms with Gasteiger partial charge in [-0.1, -0.05) is 11.6 Å². The second-order valence-corrected chi connectivity index (χ2v) is 16.2. The van der Waals surface area contributed by atoms with Gasteiger partial charge in [0.2, 0.25) is 0 Å². The molecule has 0 saturated carbocycles. The Hall–Kier alpha value is -1.71. The quantitative estimate of drug-likeness (QED) is 0.419. The lowest BCUT2D eigenvalue weighted by Crippen LogP contribution is -2.46. The number of benzene rings is 1. The van der Waals surface area contributed by atoms with Gasteiger partial charge in [0.05, 0.1) is 21.6 Å². The minimum atomic E-state index is -3.28. The Kier molecular flexibility index (Phi) is 6.89. The summed E-state index contributed by atoms with van der Waals surface area (Å²) in [5, 5.41) is 10.4. The van der Waals surface area contributed by atoms with Gasteiger partial charge in [-0.15, -0.1) is 11.3 Å². The van der Waals surface area contributed by atoms with Crippen molar-refractivity contribution in [2.45, 2.75) is 76.8 Å². The molecule has 0 unspecified atom stereocenters. The molecule has 0 bridgehead atoms. The number of aromatic nitrogens is 1. The number of hydrogen-bond donors (Lipinski definition) is 1. The van der Waals surface area contributed by atoms with E-state index >= 15 is 0 Å². The third-order valence-electron chi connectivity index (χ3n) is 7.92. The molecule has 4 heterocycles. The lowest BCUT2D eigenvalue weighted by atomic mass is 9.91. The molecule has 1 fully saturated rings. The van der Waals surface area contributed by atoms with E-state index in [1.54, 1.807) is 32.1 Å². The minimum Gasteiger partial charge on any atom is -0.391 e. The molecule has 2 aromatic heterocycles. The number of rotatable bonds is 5. The van der Waals surface area contributed by atoms with Gasteiger partial charge in [0.1, 0.15) is 5.88 Å². The van der Waals surface area contributed by atoms with Crippen LogP contribution in [0.5, 0.6) is 0 Å². The van der Waals surface area contributed by atoms with Crippen LogP contribution in [0, 0.1) is 0 Å². The molecule has 2 aliphatic heterocycles. The predicted molar refractivity (Wildman–Crippen MR) is 154 cm³/mol. The molecule has 1 aromatic carbocycles. The second kappa shape index (κ2) is 9.49. The number of pyridine rings is 1. The summed E-state index contributed by atoms with van der Waals surface area (Å²) in [5.74, 6) is 0.0677. The molecule has 37 heavy (non-hydrogen) atoms. The number of likely N-dealkylation sites (tertiary alicyclic amines) is 1. The van der Waals surface area contributed by atoms with Gasteiger partial charge in [-0.2, -0.15) is 0 Å². The van der Waals surface area contributed by atoms with Crippen LogP contribution in [0.25, 0.3) is 21.3 Å². The third kappa shape index (κ3) is 4.91. The highest BCUT2D eigenvalue weighted by atomic mass is 35.5. The zero-order valence-electron chi connectivity index (χ0n) is 22.2. The Morgan fingerprint density at radius 1 is 1.22 bits per heavy atom. The first-order valence-electron chi connectivity index (χ1n) is 12.9. The number of nitrogens with zero attached hydrogens (tertiary/aromatic N) is 3. The number of halogens is 1. The number of aliphatic hydroxyl groups is 1. The Bertz CT molecular complexity index is 1440. The molecule has 0 radical (unpaired) electrons. The van der Waals surface area contributed by atoms with Crippen molar-refractivity contribution in [2.24, 2.45) is 0 Å². The molecule has 1 saturated heterocycles. The maximum Gasteiger partial charge on any atom is 0.168 e. The van der Waals surface area contributed by atoms with Crippen LogP contribution in [0.2, 0.25) is 5.02 Å². The molecule has 2 aliphatic rings. The van der Waals surface area contributed by atoms with E-state index in [9.17, 15) is 13.5 Å². The van der Waals surface area contributed by atoms with Gasteiger partial charge in [-0.05, 0) is 83.7 Å². The van der Waals surface area contributed by atoms with Crippen molar-refractivity contribution in [3.8, 4) is 11.1 Å². The van der Waals surface area contributed by atoms with Gasteiger partial charge in [0.25, 0.3) is 0 Å². The molecular formula is C28H36ClN3O3S2. The SMILES string of the molecule is CC1(C)C[C@H](N2CCCc3cc(Cl)cc(-c4ccnc5cc(CO)sc45)c32)CN1CS(=O)(=O)C(C)(C)C. The van der Waals surface area contributed by atoms with Crippen LogP contribution in [-0.4, -0.2) is 58.7 Å². The summed E-state index contributed by atoms with van der Waals surface area (Å²) in [6.07, 6.45) is 4.69. The topological polar surface area (TPSA) is 73.7 Å². The summed E-state index contributed by atoms with van der Waals surface area (Å²) in [4.78, 5) is 10.1. The number of sulfone groups is 1. The Labute approximate surface area is 229 Å². The number of aryl methyl sites for hydroxylation is 1. The lowest BCUT2D eigenvalue weighted by molar-refractivity contribution is 0.203. The zero-order valence-corrected chi connectivity index (χ0v) is 24.6. The lowest BCUT2D eigenvalue weighted by Gasteiger charge is -2.38. The van der Waals surface area contributed by atoms with Crippen LogP contribution in [0.4, 0.5) is 5.69 Å². The van der Waals surface area contributed by atoms with Gasteiger partial charge in [-0.3, -0.25) is 9.88 Å². The highest BCUT2D eigenvalue weighted by molar-refractivity contribution is 7.92. The first-order valence-corrected chi connectivity index (χ1v) is 15.7. The van der Waals surface area contributed by atoms with E-state index in [4.69, 9.17) is 11.6 Å². The number of anilines is 1. The van der Waals surface area contributed by atoms with Crippen molar-refractivity contribution in [1.29, 1.82) is 0 Å². The summed E-state index contributed by atoms with van der Waals surface area (Å²) in [7, 11) is -3.28. The van der Waals surface area contributed by atoms with Gasteiger partial charge in [0.15, 0.2) is 9.84 Å². The van der Waals surface area contributed by atoms with Gasteiger partial charge < -0.3 is 10.0 Å². The van der Waals surface area contributed by atoms with E-state index in [0.29, 0.717) is 11.6 Å². The van der Waals surface area contributed by atoms with Crippen molar-refractivity contribution in [2.75, 3.05) is 23.9 Å². The van der Waals surface area contributed by atoms with E-state index in [1.165, 1.54) is 11.3 Å². The fraction of sp³-hybridized carbons (Fsp3) is 0.536. The van der Waals surface area contributed by atoms with Crippen molar-refractivity contribution in [1.82, 2.24) is 9.88 Å². The molecule has 0 aliphatic carbocycles. The van der Waals surface area contributed by atoms with Crippen molar-refractivity contribution < 1.29 is 13.5 Å². The van der Waals surface area contributed by atoms with Crippen molar-refractivity contribution in [3.05, 3.63) is 45.9 Å². The van der Waals surface area contributed by atoms with Gasteiger partial charge >= 0.3 is 0 Å². The molecule has 0 amide bonds. The van der Waals surface area contributed by atoms with E-state index in [1.807, 2.05) is 24.4 Å². The van der Waals surface area contributed by atoms with Crippen LogP contribution in [0.3, 0.4) is 0 Å². The molecule has 3 aromatic rings. The van der Waals surface area contributed by atoms with Crippen LogP contribution in [-0.2, 0) is 22.9 Å². The van der Waals surface area contributed by atoms with E-state index in [2.05, 4.69) is 34.7 Å². The van der Waals surface area contributed by atoms with Crippen molar-refractivity contribution >= 4 is 48.7 Å². The Morgan fingerprint density at radius 2 is 1.97 bits per heavy atom. The number of aliphatic hydroxyl groups excluding tert-OH is 1. The minimum absolute atomic E-state index is 0.00922. The van der Waals surface area contributed by atoms with Crippen LogP contribution in [0.1, 0.15) is 57.9 Å². The Balaban J connectivity index is 1.57. The van der Waals surface area contributed by atoms with Crippen LogP contribution in [0.15, 0.2) is 30.5 Å². The van der Waals surface area contributed by atoms with Crippen LogP contribution >= 0.6 is 22.9 Å². The summed E-state index contributed by atoms with van der Waals surface area (Å²) >= 11 is 8.23. The van der Waals surface area contributed by atoms with E-state index < -0.39 is 14.6 Å². The normalized spacial score (nSPS) is 20.5. The highest BCUT2D eigenvalue weighted by Gasteiger charge is 2.45. The maximum absolute atomic E-state index is 13.1. The molecule has 1 N–H and O–H groups in total. The number of hydrogen-bond acceptors (Lipinski definition) is 7. The molecule has 0 spiro atoms. The Morgan fingerprint density at radius 3 is 2.68 bits per heavy atom. The molecular weight excluding hydrogens is 526 g/mol. The second-order valence-electron chi connectivity index (χ2n) is 12.0. The summed E-state index contributed by atoms with van der Waals surface area (Å²) < 4.78 is 26.5. The number of thiophene rings is 1. The third-order valence-corrected chi connectivity index (χ3v) is 11.8. The fourth-order valence-corrected chi connectivity index (χ4v) is 8.19. The largest absolute Gasteiger partial charge is 0.391 e. The average Bonchev–Trinajstić information content (AvgIpc) is 3.37. The molecule has 6 nitrogen and oxygen atoms in total.